The van der Waals surface area contributed by atoms with Crippen molar-refractivity contribution >= 4 is 11.7 Å². The molecule has 21 heavy (non-hydrogen) atoms. The Kier molecular flexibility index (Phi) is 5.50. The van der Waals surface area contributed by atoms with Gasteiger partial charge in [-0.2, -0.15) is 0 Å². The summed E-state index contributed by atoms with van der Waals surface area (Å²) in [7, 11) is 4.19. The minimum atomic E-state index is -0.0123. The molecule has 0 unspecified atom stereocenters. The fourth-order valence-electron chi connectivity index (χ4n) is 2.54. The van der Waals surface area contributed by atoms with Crippen LogP contribution in [0.15, 0.2) is 12.1 Å². The van der Waals surface area contributed by atoms with Crippen LogP contribution >= 0.6 is 0 Å². The Morgan fingerprint density at radius 3 is 2.57 bits per heavy atom. The second kappa shape index (κ2) is 7.36. The Bertz CT molecular complexity index is 452. The van der Waals surface area contributed by atoms with E-state index in [2.05, 4.69) is 41.4 Å². The number of anilines is 1. The topological polar surface area (TPSA) is 61.4 Å². The Hall–Kier alpha value is -1.69. The molecule has 0 aliphatic carbocycles. The van der Waals surface area contributed by atoms with Crippen molar-refractivity contribution in [3.63, 3.8) is 0 Å². The van der Waals surface area contributed by atoms with Gasteiger partial charge >= 0.3 is 0 Å². The highest BCUT2D eigenvalue weighted by Crippen LogP contribution is 2.16. The molecular weight excluding hydrogens is 266 g/mol. The number of nitrogens with one attached hydrogen (secondary N) is 1. The van der Waals surface area contributed by atoms with E-state index >= 15 is 0 Å². The van der Waals surface area contributed by atoms with Gasteiger partial charge in [-0.25, -0.2) is 0 Å². The second-order valence-corrected chi connectivity index (χ2v) is 5.72. The van der Waals surface area contributed by atoms with Crippen molar-refractivity contribution in [2.24, 2.45) is 0 Å². The third-order valence-electron chi connectivity index (χ3n) is 3.92. The van der Waals surface area contributed by atoms with Crippen LogP contribution in [0.4, 0.5) is 5.82 Å². The highest BCUT2D eigenvalue weighted by Gasteiger charge is 2.25. The van der Waals surface area contributed by atoms with Crippen LogP contribution in [-0.2, 0) is 0 Å². The lowest BCUT2D eigenvalue weighted by atomic mass is 10.0. The summed E-state index contributed by atoms with van der Waals surface area (Å²) in [5, 5.41) is 11.3. The maximum absolute atomic E-state index is 12.4. The Morgan fingerprint density at radius 1 is 1.33 bits per heavy atom. The molecule has 2 heterocycles. The Balaban J connectivity index is 1.91. The molecule has 1 saturated heterocycles. The van der Waals surface area contributed by atoms with Gasteiger partial charge in [0.2, 0.25) is 0 Å². The smallest absolute Gasteiger partial charge is 0.274 e. The van der Waals surface area contributed by atoms with E-state index in [1.54, 1.807) is 6.07 Å². The van der Waals surface area contributed by atoms with Crippen molar-refractivity contribution in [3.05, 3.63) is 17.8 Å². The van der Waals surface area contributed by atoms with E-state index in [4.69, 9.17) is 0 Å². The predicted octanol–water partition coefficient (Wildman–Crippen LogP) is 1.46. The molecule has 0 radical (unpaired) electrons. The molecule has 1 aliphatic heterocycles. The minimum absolute atomic E-state index is 0.0123. The maximum atomic E-state index is 12.4. The van der Waals surface area contributed by atoms with E-state index in [1.807, 2.05) is 11.0 Å². The van der Waals surface area contributed by atoms with Crippen molar-refractivity contribution in [3.8, 4) is 0 Å². The first-order valence-corrected chi connectivity index (χ1v) is 7.65. The molecule has 1 N–H and O–H groups in total. The number of rotatable bonds is 5. The summed E-state index contributed by atoms with van der Waals surface area (Å²) in [5.41, 5.74) is 0.431. The molecule has 1 amide bonds. The van der Waals surface area contributed by atoms with E-state index in [-0.39, 0.29) is 5.91 Å². The predicted molar refractivity (Wildman–Crippen MR) is 83.4 cm³/mol. The molecule has 2 rings (SSSR count). The summed E-state index contributed by atoms with van der Waals surface area (Å²) in [6, 6.07) is 4.15. The molecule has 116 valence electrons. The van der Waals surface area contributed by atoms with Crippen LogP contribution in [-0.4, -0.2) is 65.7 Å². The van der Waals surface area contributed by atoms with Gasteiger partial charge < -0.3 is 15.1 Å². The molecule has 0 aromatic carbocycles. The number of carbonyl (C=O) groups excluding carboxylic acids is 1. The van der Waals surface area contributed by atoms with Crippen molar-refractivity contribution in [1.29, 1.82) is 0 Å². The molecule has 1 aliphatic rings. The van der Waals surface area contributed by atoms with Crippen LogP contribution in [0.1, 0.15) is 36.7 Å². The van der Waals surface area contributed by atoms with Gasteiger partial charge in [0.1, 0.15) is 5.82 Å². The Morgan fingerprint density at radius 2 is 2.05 bits per heavy atom. The van der Waals surface area contributed by atoms with Crippen LogP contribution in [0.5, 0.6) is 0 Å². The molecule has 0 saturated carbocycles. The third kappa shape index (κ3) is 4.14. The van der Waals surface area contributed by atoms with Gasteiger partial charge in [-0.05, 0) is 45.5 Å². The summed E-state index contributed by atoms with van der Waals surface area (Å²) >= 11 is 0. The minimum Gasteiger partial charge on any atom is -0.369 e. The zero-order chi connectivity index (χ0) is 15.2. The number of nitrogens with zero attached hydrogens (tertiary/aromatic N) is 4. The van der Waals surface area contributed by atoms with Crippen LogP contribution < -0.4 is 5.32 Å². The number of carbonyl (C=O) groups is 1. The largest absolute Gasteiger partial charge is 0.369 e. The second-order valence-electron chi connectivity index (χ2n) is 5.72. The fraction of sp³-hybridized carbons (Fsp3) is 0.667. The first-order chi connectivity index (χ1) is 10.1. The molecule has 1 aromatic rings. The van der Waals surface area contributed by atoms with E-state index in [0.717, 1.165) is 44.7 Å². The summed E-state index contributed by atoms with van der Waals surface area (Å²) < 4.78 is 0. The highest BCUT2D eigenvalue weighted by molar-refractivity contribution is 5.92. The third-order valence-corrected chi connectivity index (χ3v) is 3.92. The average molecular weight is 291 g/mol. The number of hydrogen-bond acceptors (Lipinski definition) is 5. The summed E-state index contributed by atoms with van der Waals surface area (Å²) in [6.45, 7) is 4.54. The van der Waals surface area contributed by atoms with Gasteiger partial charge in [0.05, 0.1) is 0 Å². The first kappa shape index (κ1) is 15.7. The van der Waals surface area contributed by atoms with Gasteiger partial charge in [-0.1, -0.05) is 6.92 Å². The van der Waals surface area contributed by atoms with Gasteiger partial charge in [-0.3, -0.25) is 4.79 Å². The lowest BCUT2D eigenvalue weighted by Gasteiger charge is -2.34. The molecule has 0 spiro atoms. The molecule has 0 atom stereocenters. The molecular formula is C15H25N5O. The SMILES string of the molecule is CCCNc1ccc(C(=O)N2CCC(N(C)C)CC2)nn1. The van der Waals surface area contributed by atoms with Crippen molar-refractivity contribution in [2.75, 3.05) is 39.0 Å². The maximum Gasteiger partial charge on any atom is 0.274 e. The molecule has 1 aromatic heterocycles. The lowest BCUT2D eigenvalue weighted by Crippen LogP contribution is -2.44. The monoisotopic (exact) mass is 291 g/mol. The number of aromatic nitrogens is 2. The van der Waals surface area contributed by atoms with E-state index in [0.29, 0.717) is 11.7 Å². The Labute approximate surface area is 126 Å². The summed E-state index contributed by atoms with van der Waals surface area (Å²) in [6.07, 6.45) is 3.06. The molecule has 0 bridgehead atoms. The summed E-state index contributed by atoms with van der Waals surface area (Å²) in [4.78, 5) is 16.5. The zero-order valence-electron chi connectivity index (χ0n) is 13.2. The van der Waals surface area contributed by atoms with Gasteiger partial charge in [0.25, 0.3) is 5.91 Å². The number of likely N-dealkylation sites (tertiary alicyclic amines) is 1. The lowest BCUT2D eigenvalue weighted by molar-refractivity contribution is 0.0656. The number of piperidine rings is 1. The highest BCUT2D eigenvalue weighted by atomic mass is 16.2. The van der Waals surface area contributed by atoms with Crippen molar-refractivity contribution < 1.29 is 4.79 Å². The van der Waals surface area contributed by atoms with Crippen molar-refractivity contribution in [1.82, 2.24) is 20.0 Å². The van der Waals surface area contributed by atoms with Crippen LogP contribution in [0.2, 0.25) is 0 Å². The first-order valence-electron chi connectivity index (χ1n) is 7.65. The molecule has 6 nitrogen and oxygen atoms in total. The van der Waals surface area contributed by atoms with E-state index in [9.17, 15) is 4.79 Å². The number of hydrogen-bond donors (Lipinski definition) is 1. The fourth-order valence-corrected chi connectivity index (χ4v) is 2.54. The average Bonchev–Trinajstić information content (AvgIpc) is 2.53. The normalized spacial score (nSPS) is 16.3. The molecule has 6 heteroatoms. The molecule has 1 fully saturated rings. The van der Waals surface area contributed by atoms with Crippen LogP contribution in [0.25, 0.3) is 0 Å². The zero-order valence-corrected chi connectivity index (χ0v) is 13.2. The standard InChI is InChI=1S/C15H25N5O/c1-4-9-16-14-6-5-13(17-18-14)15(21)20-10-7-12(8-11-20)19(2)3/h5-6,12H,4,7-11H2,1-3H3,(H,16,18). The van der Waals surface area contributed by atoms with Gasteiger partial charge in [0.15, 0.2) is 5.69 Å². The van der Waals surface area contributed by atoms with Crippen molar-refractivity contribution in [2.45, 2.75) is 32.2 Å². The summed E-state index contributed by atoms with van der Waals surface area (Å²) in [5.74, 6) is 0.710. The van der Waals surface area contributed by atoms with Gasteiger partial charge in [0, 0.05) is 25.7 Å². The van der Waals surface area contributed by atoms with Crippen LogP contribution in [0.3, 0.4) is 0 Å². The van der Waals surface area contributed by atoms with E-state index < -0.39 is 0 Å². The van der Waals surface area contributed by atoms with E-state index in [1.165, 1.54) is 0 Å². The van der Waals surface area contributed by atoms with Gasteiger partial charge in [-0.15, -0.1) is 10.2 Å². The quantitative estimate of drug-likeness (QED) is 0.890. The number of amides is 1. The van der Waals surface area contributed by atoms with Crippen LogP contribution in [0, 0.1) is 0 Å².